The number of rotatable bonds is 4. The van der Waals surface area contributed by atoms with Crippen molar-refractivity contribution >= 4 is 24.6 Å². The van der Waals surface area contributed by atoms with Gasteiger partial charge in [-0.1, -0.05) is 36.4 Å². The van der Waals surface area contributed by atoms with E-state index in [0.717, 1.165) is 11.1 Å². The Kier molecular flexibility index (Phi) is 4.42. The van der Waals surface area contributed by atoms with E-state index in [-0.39, 0.29) is 11.3 Å². The molecule has 0 amide bonds. The number of benzene rings is 2. The number of carboxylic acid groups (broad SMARTS) is 1. The van der Waals surface area contributed by atoms with Crippen LogP contribution in [0, 0.1) is 0 Å². The fraction of sp³-hybridized carbons (Fsp3) is 0.0667. The zero-order chi connectivity index (χ0) is 14.5. The number of thiol groups is 1. The number of esters is 1. The van der Waals surface area contributed by atoms with Gasteiger partial charge in [0.15, 0.2) is 0 Å². The molecule has 0 saturated heterocycles. The highest BCUT2D eigenvalue weighted by molar-refractivity contribution is 7.81. The van der Waals surface area contributed by atoms with Crippen LogP contribution in [0.3, 0.4) is 0 Å². The summed E-state index contributed by atoms with van der Waals surface area (Å²) < 4.78 is 5.00. The Morgan fingerprint density at radius 1 is 0.950 bits per heavy atom. The van der Waals surface area contributed by atoms with E-state index in [2.05, 4.69) is 12.6 Å². The van der Waals surface area contributed by atoms with Crippen molar-refractivity contribution in [2.24, 2.45) is 0 Å². The van der Waals surface area contributed by atoms with Gasteiger partial charge in [-0.2, -0.15) is 12.6 Å². The van der Waals surface area contributed by atoms with Crippen LogP contribution in [0.2, 0.25) is 0 Å². The van der Waals surface area contributed by atoms with Crippen LogP contribution in [-0.2, 0) is 4.79 Å². The molecule has 0 spiro atoms. The molecule has 0 saturated carbocycles. The van der Waals surface area contributed by atoms with E-state index >= 15 is 0 Å². The van der Waals surface area contributed by atoms with Crippen molar-refractivity contribution in [1.29, 1.82) is 0 Å². The molecule has 4 nitrogen and oxygen atoms in total. The highest BCUT2D eigenvalue weighted by atomic mass is 32.1. The fourth-order valence-electron chi connectivity index (χ4n) is 1.68. The van der Waals surface area contributed by atoms with Crippen molar-refractivity contribution in [3.63, 3.8) is 0 Å². The average Bonchev–Trinajstić information content (AvgIpc) is 2.48. The molecule has 0 aromatic heterocycles. The predicted molar refractivity (Wildman–Crippen MR) is 75.7 cm³/mol. The lowest BCUT2D eigenvalue weighted by Crippen LogP contribution is -2.21. The van der Waals surface area contributed by atoms with Crippen LogP contribution >= 0.6 is 12.6 Å². The monoisotopic (exact) mass is 287 g/mol. The van der Waals surface area contributed by atoms with Crippen molar-refractivity contribution in [2.75, 3.05) is 5.75 Å². The van der Waals surface area contributed by atoms with Crippen molar-refractivity contribution < 1.29 is 19.4 Å². The molecule has 0 bridgehead atoms. The molecule has 102 valence electrons. The zero-order valence-electron chi connectivity index (χ0n) is 10.4. The third-order valence-electron chi connectivity index (χ3n) is 2.67. The van der Waals surface area contributed by atoms with E-state index in [1.807, 2.05) is 0 Å². The second kappa shape index (κ2) is 6.25. The first kappa shape index (κ1) is 14.1. The third-order valence-corrected chi connectivity index (χ3v) is 2.93. The zero-order valence-corrected chi connectivity index (χ0v) is 11.3. The molecule has 2 aromatic carbocycles. The van der Waals surface area contributed by atoms with Crippen LogP contribution < -0.4 is 9.84 Å². The van der Waals surface area contributed by atoms with Gasteiger partial charge >= 0.3 is 5.97 Å². The molecule has 0 radical (unpaired) electrons. The highest BCUT2D eigenvalue weighted by Crippen LogP contribution is 2.22. The average molecular weight is 287 g/mol. The Labute approximate surface area is 121 Å². The van der Waals surface area contributed by atoms with Gasteiger partial charge < -0.3 is 14.6 Å². The van der Waals surface area contributed by atoms with Crippen LogP contribution in [0.4, 0.5) is 0 Å². The number of carbonyl (C=O) groups excluding carboxylic acids is 2. The molecule has 2 rings (SSSR count). The summed E-state index contributed by atoms with van der Waals surface area (Å²) in [6.45, 7) is 0. The first-order valence-electron chi connectivity index (χ1n) is 5.83. The molecule has 0 aliphatic carbocycles. The molecule has 0 unspecified atom stereocenters. The van der Waals surface area contributed by atoms with E-state index in [1.54, 1.807) is 36.4 Å². The number of carbonyl (C=O) groups is 2. The minimum absolute atomic E-state index is 0.0203. The van der Waals surface area contributed by atoms with Gasteiger partial charge in [-0.3, -0.25) is 4.79 Å². The summed E-state index contributed by atoms with van der Waals surface area (Å²) in [7, 11) is 0. The summed E-state index contributed by atoms with van der Waals surface area (Å²) in [6, 6.07) is 13.3. The Bertz CT molecular complexity index is 617. The summed E-state index contributed by atoms with van der Waals surface area (Å²) in [6.07, 6.45) is 0. The van der Waals surface area contributed by atoms with Crippen LogP contribution in [0.5, 0.6) is 5.75 Å². The maximum absolute atomic E-state index is 11.1. The topological polar surface area (TPSA) is 66.4 Å². The Morgan fingerprint density at radius 3 is 1.90 bits per heavy atom. The van der Waals surface area contributed by atoms with Crippen molar-refractivity contribution in [3.8, 4) is 16.9 Å². The molecule has 0 heterocycles. The van der Waals surface area contributed by atoms with Gasteiger partial charge in [0.05, 0.1) is 11.7 Å². The summed E-state index contributed by atoms with van der Waals surface area (Å²) in [5.41, 5.74) is 1.88. The maximum Gasteiger partial charge on any atom is 0.321 e. The second-order valence-corrected chi connectivity index (χ2v) is 4.34. The summed E-state index contributed by atoms with van der Waals surface area (Å²) >= 11 is 3.82. The smallest absolute Gasteiger partial charge is 0.321 e. The van der Waals surface area contributed by atoms with Crippen molar-refractivity contribution in [3.05, 3.63) is 54.1 Å². The van der Waals surface area contributed by atoms with Gasteiger partial charge in [-0.25, -0.2) is 0 Å². The number of aromatic carboxylic acids is 1. The lowest BCUT2D eigenvalue weighted by atomic mass is 10.0. The predicted octanol–water partition coefficient (Wildman–Crippen LogP) is 1.55. The Hall–Kier alpha value is -2.27. The molecule has 5 heteroatoms. The number of ether oxygens (including phenoxy) is 1. The lowest BCUT2D eigenvalue weighted by Gasteiger charge is -2.06. The fourth-order valence-corrected chi connectivity index (χ4v) is 1.74. The normalized spacial score (nSPS) is 10.1. The first-order valence-corrected chi connectivity index (χ1v) is 6.47. The van der Waals surface area contributed by atoms with Gasteiger partial charge in [0, 0.05) is 0 Å². The molecule has 0 aliphatic heterocycles. The van der Waals surface area contributed by atoms with Crippen LogP contribution in [0.1, 0.15) is 10.4 Å². The van der Waals surface area contributed by atoms with E-state index in [1.165, 1.54) is 12.1 Å². The summed E-state index contributed by atoms with van der Waals surface area (Å²) in [4.78, 5) is 21.7. The number of carboxylic acids is 1. The van der Waals surface area contributed by atoms with E-state index in [9.17, 15) is 14.7 Å². The van der Waals surface area contributed by atoms with E-state index in [4.69, 9.17) is 4.74 Å². The molecular formula is C15H11O4S-. The molecule has 0 N–H and O–H groups in total. The minimum Gasteiger partial charge on any atom is -0.545 e. The van der Waals surface area contributed by atoms with Crippen molar-refractivity contribution in [2.45, 2.75) is 0 Å². The molecule has 0 atom stereocenters. The molecular weight excluding hydrogens is 276 g/mol. The Balaban J connectivity index is 2.17. The maximum atomic E-state index is 11.1. The number of hydrogen-bond donors (Lipinski definition) is 1. The van der Waals surface area contributed by atoms with E-state index in [0.29, 0.717) is 5.75 Å². The van der Waals surface area contributed by atoms with Crippen LogP contribution in [-0.4, -0.2) is 17.7 Å². The summed E-state index contributed by atoms with van der Waals surface area (Å²) in [5.74, 6) is -1.16. The second-order valence-electron chi connectivity index (χ2n) is 4.02. The van der Waals surface area contributed by atoms with Crippen LogP contribution in [0.15, 0.2) is 48.5 Å². The largest absolute Gasteiger partial charge is 0.545 e. The molecule has 0 fully saturated rings. The molecule has 0 aliphatic rings. The van der Waals surface area contributed by atoms with Gasteiger partial charge in [0.25, 0.3) is 0 Å². The van der Waals surface area contributed by atoms with Crippen LogP contribution in [0.25, 0.3) is 11.1 Å². The summed E-state index contributed by atoms with van der Waals surface area (Å²) in [5, 5.41) is 10.7. The Morgan fingerprint density at radius 2 is 1.45 bits per heavy atom. The van der Waals surface area contributed by atoms with Gasteiger partial charge in [0.2, 0.25) is 0 Å². The third kappa shape index (κ3) is 3.39. The molecule has 2 aromatic rings. The lowest BCUT2D eigenvalue weighted by molar-refractivity contribution is -0.255. The SMILES string of the molecule is O=C(CS)Oc1ccc(-c2ccc(C(=O)[O-])cc2)cc1. The highest BCUT2D eigenvalue weighted by Gasteiger charge is 2.03. The van der Waals surface area contributed by atoms with E-state index < -0.39 is 11.9 Å². The number of hydrogen-bond acceptors (Lipinski definition) is 5. The minimum atomic E-state index is -1.20. The quantitative estimate of drug-likeness (QED) is 0.526. The first-order chi connectivity index (χ1) is 9.60. The van der Waals surface area contributed by atoms with Gasteiger partial charge in [0.1, 0.15) is 5.75 Å². The van der Waals surface area contributed by atoms with Crippen molar-refractivity contribution in [1.82, 2.24) is 0 Å². The molecule has 20 heavy (non-hydrogen) atoms. The van der Waals surface area contributed by atoms with Gasteiger partial charge in [-0.15, -0.1) is 0 Å². The van der Waals surface area contributed by atoms with Gasteiger partial charge in [-0.05, 0) is 28.8 Å². The standard InChI is InChI=1S/C15H12O4S/c16-14(9-20)19-13-7-5-11(6-8-13)10-1-3-12(4-2-10)15(17)18/h1-8,20H,9H2,(H,17,18)/p-1.